The molecule has 0 aliphatic heterocycles. The minimum absolute atomic E-state index is 0.0195. The van der Waals surface area contributed by atoms with Crippen molar-refractivity contribution < 1.29 is 23.1 Å². The lowest BCUT2D eigenvalue weighted by atomic mass is 10.1. The van der Waals surface area contributed by atoms with Crippen molar-refractivity contribution in [1.82, 2.24) is 9.55 Å². The topological polar surface area (TPSA) is 72.2 Å². The van der Waals surface area contributed by atoms with Crippen LogP contribution in [0.25, 0.3) is 10.9 Å². The number of nitrogens with zero attached hydrogens (tertiary/aromatic N) is 2. The average Bonchev–Trinajstić information content (AvgIpc) is 2.62. The molecule has 3 rings (SSSR count). The van der Waals surface area contributed by atoms with Gasteiger partial charge in [-0.1, -0.05) is 17.7 Å². The van der Waals surface area contributed by atoms with Crippen LogP contribution in [0.15, 0.2) is 35.1 Å². The van der Waals surface area contributed by atoms with Gasteiger partial charge in [0.2, 0.25) is 0 Å². The van der Waals surface area contributed by atoms with Crippen molar-refractivity contribution >= 4 is 16.9 Å². The van der Waals surface area contributed by atoms with Crippen LogP contribution in [0, 0.1) is 24.4 Å². The van der Waals surface area contributed by atoms with Crippen LogP contribution >= 0.6 is 0 Å². The summed E-state index contributed by atoms with van der Waals surface area (Å²) in [5.74, 6) is -5.18. The van der Waals surface area contributed by atoms with Crippen LogP contribution in [-0.2, 0) is 24.2 Å². The molecule has 1 N–H and O–H groups in total. The van der Waals surface area contributed by atoms with Crippen molar-refractivity contribution in [3.63, 3.8) is 0 Å². The number of fused-ring (bicyclic) bond motifs is 1. The molecule has 2 aromatic carbocycles. The molecule has 0 unspecified atom stereocenters. The standard InChI is InChI=1S/C19H15F3N2O3/c1-10-2-6-14-12(8-10)19(27)23-15(24(14)9-16(25)26)7-4-11-3-5-13(20)18(22)17(11)21/h2-3,5-6,8H,4,7,9H2,1H3,(H,25,26). The zero-order valence-electron chi connectivity index (χ0n) is 14.3. The predicted octanol–water partition coefficient (Wildman–Crippen LogP) is 2.99. The van der Waals surface area contributed by atoms with Gasteiger partial charge in [-0.2, -0.15) is 4.98 Å². The van der Waals surface area contributed by atoms with Gasteiger partial charge in [-0.25, -0.2) is 13.2 Å². The van der Waals surface area contributed by atoms with E-state index in [1.54, 1.807) is 25.1 Å². The number of hydrogen-bond acceptors (Lipinski definition) is 3. The van der Waals surface area contributed by atoms with Gasteiger partial charge in [0.25, 0.3) is 5.56 Å². The van der Waals surface area contributed by atoms with Crippen molar-refractivity contribution in [2.24, 2.45) is 0 Å². The second-order valence-electron chi connectivity index (χ2n) is 6.17. The maximum atomic E-state index is 13.9. The van der Waals surface area contributed by atoms with Gasteiger partial charge in [-0.15, -0.1) is 0 Å². The van der Waals surface area contributed by atoms with Crippen LogP contribution in [-0.4, -0.2) is 20.6 Å². The molecule has 0 spiro atoms. The lowest BCUT2D eigenvalue weighted by molar-refractivity contribution is -0.137. The van der Waals surface area contributed by atoms with Crippen LogP contribution in [0.2, 0.25) is 0 Å². The van der Waals surface area contributed by atoms with Crippen molar-refractivity contribution in [2.45, 2.75) is 26.3 Å². The number of hydrogen-bond donors (Lipinski definition) is 1. The van der Waals surface area contributed by atoms with Gasteiger partial charge in [-0.05, 0) is 37.1 Å². The first kappa shape index (κ1) is 18.6. The van der Waals surface area contributed by atoms with E-state index in [9.17, 15) is 27.9 Å². The van der Waals surface area contributed by atoms with E-state index in [4.69, 9.17) is 0 Å². The fraction of sp³-hybridized carbons (Fsp3) is 0.211. The number of benzene rings is 2. The maximum absolute atomic E-state index is 13.9. The Bertz CT molecular complexity index is 1110. The Hall–Kier alpha value is -3.16. The first-order valence-electron chi connectivity index (χ1n) is 8.12. The molecule has 1 heterocycles. The quantitative estimate of drug-likeness (QED) is 0.695. The second-order valence-corrected chi connectivity index (χ2v) is 6.17. The zero-order valence-corrected chi connectivity index (χ0v) is 14.3. The Kier molecular flexibility index (Phi) is 4.98. The number of aromatic nitrogens is 2. The summed E-state index contributed by atoms with van der Waals surface area (Å²) in [6, 6.07) is 6.89. The summed E-state index contributed by atoms with van der Waals surface area (Å²) in [5.41, 5.74) is 0.591. The number of aliphatic carboxylic acids is 1. The van der Waals surface area contributed by atoms with Crippen LogP contribution in [0.5, 0.6) is 0 Å². The molecule has 5 nitrogen and oxygen atoms in total. The summed E-state index contributed by atoms with van der Waals surface area (Å²) in [6.45, 7) is 1.35. The summed E-state index contributed by atoms with van der Waals surface area (Å²) in [6.07, 6.45) is -0.0964. The van der Waals surface area contributed by atoms with Crippen LogP contribution < -0.4 is 5.56 Å². The molecule has 0 aliphatic carbocycles. The highest BCUT2D eigenvalue weighted by Gasteiger charge is 2.17. The van der Waals surface area contributed by atoms with E-state index in [2.05, 4.69) is 4.98 Å². The number of rotatable bonds is 5. The van der Waals surface area contributed by atoms with Crippen molar-refractivity contribution in [3.8, 4) is 0 Å². The van der Waals surface area contributed by atoms with Gasteiger partial charge in [0.15, 0.2) is 17.5 Å². The van der Waals surface area contributed by atoms with Crippen molar-refractivity contribution in [1.29, 1.82) is 0 Å². The lowest BCUT2D eigenvalue weighted by Crippen LogP contribution is -2.22. The maximum Gasteiger partial charge on any atom is 0.323 e. The van der Waals surface area contributed by atoms with E-state index in [1.807, 2.05) is 0 Å². The van der Waals surface area contributed by atoms with E-state index >= 15 is 0 Å². The molecule has 140 valence electrons. The summed E-state index contributed by atoms with van der Waals surface area (Å²) in [7, 11) is 0. The Morgan fingerprint density at radius 2 is 1.85 bits per heavy atom. The molecule has 0 saturated carbocycles. The van der Waals surface area contributed by atoms with Crippen molar-refractivity contribution in [2.75, 3.05) is 0 Å². The molecule has 1 aromatic heterocycles. The molecule has 0 fully saturated rings. The number of carbonyl (C=O) groups is 1. The highest BCUT2D eigenvalue weighted by atomic mass is 19.2. The molecule has 0 amide bonds. The smallest absolute Gasteiger partial charge is 0.323 e. The van der Waals surface area contributed by atoms with Crippen LogP contribution in [0.1, 0.15) is 17.0 Å². The minimum atomic E-state index is -1.57. The van der Waals surface area contributed by atoms with E-state index in [-0.39, 0.29) is 29.6 Å². The normalized spacial score (nSPS) is 11.1. The van der Waals surface area contributed by atoms with E-state index in [1.165, 1.54) is 4.57 Å². The monoisotopic (exact) mass is 376 g/mol. The molecule has 3 aromatic rings. The first-order valence-corrected chi connectivity index (χ1v) is 8.12. The molecule has 0 saturated heterocycles. The summed E-state index contributed by atoms with van der Waals surface area (Å²) in [4.78, 5) is 27.5. The largest absolute Gasteiger partial charge is 0.480 e. The molecule has 0 radical (unpaired) electrons. The Morgan fingerprint density at radius 1 is 1.11 bits per heavy atom. The van der Waals surface area contributed by atoms with Crippen LogP contribution in [0.3, 0.4) is 0 Å². The van der Waals surface area contributed by atoms with Gasteiger partial charge in [0.05, 0.1) is 10.9 Å². The second kappa shape index (κ2) is 7.22. The fourth-order valence-corrected chi connectivity index (χ4v) is 2.94. The van der Waals surface area contributed by atoms with Gasteiger partial charge < -0.3 is 9.67 Å². The van der Waals surface area contributed by atoms with Gasteiger partial charge in [0.1, 0.15) is 12.4 Å². The molecule has 27 heavy (non-hydrogen) atoms. The molecular weight excluding hydrogens is 361 g/mol. The summed E-state index contributed by atoms with van der Waals surface area (Å²) < 4.78 is 41.6. The average molecular weight is 376 g/mol. The molecule has 0 atom stereocenters. The number of carboxylic acid groups (broad SMARTS) is 1. The zero-order chi connectivity index (χ0) is 19.7. The minimum Gasteiger partial charge on any atom is -0.480 e. The number of carboxylic acids is 1. The predicted molar refractivity (Wildman–Crippen MR) is 92.1 cm³/mol. The Morgan fingerprint density at radius 3 is 2.56 bits per heavy atom. The van der Waals surface area contributed by atoms with Gasteiger partial charge >= 0.3 is 5.97 Å². The highest BCUT2D eigenvalue weighted by Crippen LogP contribution is 2.19. The third-order valence-electron chi connectivity index (χ3n) is 4.24. The summed E-state index contributed by atoms with van der Waals surface area (Å²) >= 11 is 0. The van der Waals surface area contributed by atoms with Gasteiger partial charge in [-0.3, -0.25) is 9.59 Å². The SMILES string of the molecule is Cc1ccc2c(c1)c(=O)nc(CCc1ccc(F)c(F)c1F)n2CC(=O)O. The third kappa shape index (κ3) is 3.69. The molecule has 8 heteroatoms. The highest BCUT2D eigenvalue weighted by molar-refractivity contribution is 5.80. The van der Waals surface area contributed by atoms with Crippen LogP contribution in [0.4, 0.5) is 13.2 Å². The third-order valence-corrected chi connectivity index (χ3v) is 4.24. The first-order chi connectivity index (χ1) is 12.8. The van der Waals surface area contributed by atoms with E-state index in [0.29, 0.717) is 5.52 Å². The lowest BCUT2D eigenvalue weighted by Gasteiger charge is -2.14. The van der Waals surface area contributed by atoms with E-state index < -0.39 is 35.5 Å². The molecular formula is C19H15F3N2O3. The molecule has 0 bridgehead atoms. The number of aryl methyl sites for hydroxylation is 3. The number of halogens is 3. The van der Waals surface area contributed by atoms with Crippen molar-refractivity contribution in [3.05, 3.63) is 75.1 Å². The Balaban J connectivity index is 2.06. The van der Waals surface area contributed by atoms with E-state index in [0.717, 1.165) is 17.7 Å². The summed E-state index contributed by atoms with van der Waals surface area (Å²) in [5, 5.41) is 9.47. The van der Waals surface area contributed by atoms with Gasteiger partial charge in [0, 0.05) is 6.42 Å². The Labute approximate surface area is 151 Å². The fourth-order valence-electron chi connectivity index (χ4n) is 2.94. The molecule has 0 aliphatic rings.